The zero-order valence-corrected chi connectivity index (χ0v) is 19.2. The number of esters is 1. The van der Waals surface area contributed by atoms with E-state index in [9.17, 15) is 20.1 Å². The van der Waals surface area contributed by atoms with Gasteiger partial charge in [-0.2, -0.15) is 0 Å². The molecule has 3 atom stereocenters. The Balaban J connectivity index is 1.59. The number of benzene rings is 1. The van der Waals surface area contributed by atoms with E-state index in [4.69, 9.17) is 4.74 Å². The first-order chi connectivity index (χ1) is 14.9. The Morgan fingerprint density at radius 1 is 1.32 bits per heavy atom. The van der Waals surface area contributed by atoms with Crippen molar-refractivity contribution in [2.75, 3.05) is 7.11 Å². The van der Waals surface area contributed by atoms with Gasteiger partial charge in [0.25, 0.3) is 0 Å². The molecule has 0 spiro atoms. The topological polar surface area (TPSA) is 87.0 Å². The van der Waals surface area contributed by atoms with Crippen molar-refractivity contribution < 1.29 is 24.9 Å². The van der Waals surface area contributed by atoms with Crippen LogP contribution in [0.3, 0.4) is 0 Å². The van der Waals surface area contributed by atoms with Crippen LogP contribution in [0, 0.1) is 11.3 Å². The summed E-state index contributed by atoms with van der Waals surface area (Å²) in [5, 5.41) is 31.5. The van der Waals surface area contributed by atoms with Crippen molar-refractivity contribution in [2.45, 2.75) is 69.8 Å². The molecular formula is C25H34O5S. The van der Waals surface area contributed by atoms with Crippen molar-refractivity contribution in [1.29, 1.82) is 0 Å². The van der Waals surface area contributed by atoms with E-state index in [0.29, 0.717) is 17.7 Å². The van der Waals surface area contributed by atoms with Crippen molar-refractivity contribution >= 4 is 17.7 Å². The van der Waals surface area contributed by atoms with Gasteiger partial charge < -0.3 is 20.1 Å². The van der Waals surface area contributed by atoms with Crippen molar-refractivity contribution in [1.82, 2.24) is 0 Å². The number of hydrogen-bond acceptors (Lipinski definition) is 6. The summed E-state index contributed by atoms with van der Waals surface area (Å²) in [6.45, 7) is 2.16. The maximum atomic E-state index is 11.6. The number of aliphatic hydroxyl groups excluding tert-OH is 3. The number of aliphatic hydroxyl groups is 3. The number of hydrogen-bond donors (Lipinski definition) is 3. The SMILES string of the molecule is CCCC1(C(O)C/C=C/[C@@H]2C(SCc3ccc(C(=O)OC)cc3)=C(O)CC2O)CCC1. The van der Waals surface area contributed by atoms with Gasteiger partial charge in [-0.05, 0) is 48.8 Å². The predicted molar refractivity (Wildman–Crippen MR) is 124 cm³/mol. The van der Waals surface area contributed by atoms with Crippen LogP contribution in [-0.2, 0) is 10.5 Å². The lowest BCUT2D eigenvalue weighted by Gasteiger charge is -2.45. The molecule has 1 aromatic carbocycles. The molecule has 0 heterocycles. The molecule has 1 fully saturated rings. The molecule has 0 aromatic heterocycles. The van der Waals surface area contributed by atoms with Crippen LogP contribution in [0.15, 0.2) is 47.1 Å². The van der Waals surface area contributed by atoms with Gasteiger partial charge in [0.2, 0.25) is 0 Å². The minimum Gasteiger partial charge on any atom is -0.511 e. The normalized spacial score (nSPS) is 23.7. The summed E-state index contributed by atoms with van der Waals surface area (Å²) in [7, 11) is 1.36. The monoisotopic (exact) mass is 446 g/mol. The van der Waals surface area contributed by atoms with Gasteiger partial charge in [-0.25, -0.2) is 4.79 Å². The van der Waals surface area contributed by atoms with E-state index in [2.05, 4.69) is 6.92 Å². The molecule has 2 aliphatic carbocycles. The predicted octanol–water partition coefficient (Wildman–Crippen LogP) is 5.13. The van der Waals surface area contributed by atoms with Crippen LogP contribution in [0.4, 0.5) is 0 Å². The van der Waals surface area contributed by atoms with Crippen molar-refractivity contribution in [3.8, 4) is 0 Å². The first kappa shape index (κ1) is 23.9. The summed E-state index contributed by atoms with van der Waals surface area (Å²) < 4.78 is 4.72. The molecule has 170 valence electrons. The summed E-state index contributed by atoms with van der Waals surface area (Å²) in [4.78, 5) is 12.3. The van der Waals surface area contributed by atoms with Crippen LogP contribution in [0.2, 0.25) is 0 Å². The lowest BCUT2D eigenvalue weighted by molar-refractivity contribution is -0.0395. The van der Waals surface area contributed by atoms with Crippen LogP contribution in [0.1, 0.15) is 67.8 Å². The van der Waals surface area contributed by atoms with Gasteiger partial charge in [-0.3, -0.25) is 0 Å². The van der Waals surface area contributed by atoms with Crippen LogP contribution in [-0.4, -0.2) is 40.6 Å². The largest absolute Gasteiger partial charge is 0.511 e. The Bertz CT molecular complexity index is 810. The molecule has 0 radical (unpaired) electrons. The Kier molecular flexibility index (Phi) is 8.25. The average Bonchev–Trinajstić information content (AvgIpc) is 3.01. The maximum Gasteiger partial charge on any atom is 0.337 e. The summed E-state index contributed by atoms with van der Waals surface area (Å²) in [5.74, 6) is 0.240. The van der Waals surface area contributed by atoms with Crippen molar-refractivity contribution in [3.05, 3.63) is 58.2 Å². The van der Waals surface area contributed by atoms with Crippen LogP contribution in [0.5, 0.6) is 0 Å². The lowest BCUT2D eigenvalue weighted by atomic mass is 9.62. The van der Waals surface area contributed by atoms with Gasteiger partial charge in [-0.15, -0.1) is 11.8 Å². The van der Waals surface area contributed by atoms with E-state index in [0.717, 1.165) is 36.2 Å². The fourth-order valence-electron chi connectivity index (χ4n) is 4.69. The minimum absolute atomic E-state index is 0.0688. The summed E-state index contributed by atoms with van der Waals surface area (Å²) in [5.41, 5.74) is 1.59. The molecule has 6 heteroatoms. The van der Waals surface area contributed by atoms with E-state index < -0.39 is 6.10 Å². The number of carbonyl (C=O) groups excluding carboxylic acids is 1. The van der Waals surface area contributed by atoms with Gasteiger partial charge >= 0.3 is 5.97 Å². The second-order valence-corrected chi connectivity index (χ2v) is 9.75. The fourth-order valence-corrected chi connectivity index (χ4v) is 5.88. The van der Waals surface area contributed by atoms with Crippen LogP contribution >= 0.6 is 11.8 Å². The van der Waals surface area contributed by atoms with E-state index in [1.807, 2.05) is 24.3 Å². The summed E-state index contributed by atoms with van der Waals surface area (Å²) in [6, 6.07) is 7.19. The molecule has 1 aromatic rings. The fraction of sp³-hybridized carbons (Fsp3) is 0.560. The molecule has 2 aliphatic rings. The first-order valence-electron chi connectivity index (χ1n) is 11.1. The third-order valence-electron chi connectivity index (χ3n) is 6.68. The minimum atomic E-state index is -0.647. The van der Waals surface area contributed by atoms with Gasteiger partial charge in [0.1, 0.15) is 5.76 Å². The second kappa shape index (κ2) is 10.7. The lowest BCUT2D eigenvalue weighted by Crippen LogP contribution is -2.41. The van der Waals surface area contributed by atoms with E-state index in [-0.39, 0.29) is 35.6 Å². The molecule has 0 amide bonds. The average molecular weight is 447 g/mol. The van der Waals surface area contributed by atoms with Crippen LogP contribution < -0.4 is 0 Å². The molecule has 2 unspecified atom stereocenters. The maximum absolute atomic E-state index is 11.6. The zero-order chi connectivity index (χ0) is 22.4. The second-order valence-electron chi connectivity index (χ2n) is 8.73. The number of methoxy groups -OCH3 is 1. The Labute approximate surface area is 189 Å². The number of rotatable bonds is 10. The van der Waals surface area contributed by atoms with Gasteiger partial charge in [0.15, 0.2) is 0 Å². The first-order valence-corrected chi connectivity index (χ1v) is 12.1. The van der Waals surface area contributed by atoms with Crippen molar-refractivity contribution in [2.24, 2.45) is 11.3 Å². The number of carbonyl (C=O) groups is 1. The summed E-state index contributed by atoms with van der Waals surface area (Å²) in [6.07, 6.45) is 9.28. The zero-order valence-electron chi connectivity index (χ0n) is 18.4. The van der Waals surface area contributed by atoms with Gasteiger partial charge in [-0.1, -0.05) is 44.1 Å². The Morgan fingerprint density at radius 2 is 2.03 bits per heavy atom. The van der Waals surface area contributed by atoms with E-state index >= 15 is 0 Å². The third-order valence-corrected chi connectivity index (χ3v) is 7.98. The summed E-state index contributed by atoms with van der Waals surface area (Å²) >= 11 is 1.50. The molecule has 0 aliphatic heterocycles. The van der Waals surface area contributed by atoms with Crippen LogP contribution in [0.25, 0.3) is 0 Å². The van der Waals surface area contributed by atoms with Gasteiger partial charge in [0.05, 0.1) is 24.9 Å². The van der Waals surface area contributed by atoms with E-state index in [1.165, 1.54) is 25.3 Å². The Hall–Kier alpha value is -1.76. The standard InChI is InChI=1S/C25H34O5S/c1-3-12-25(13-5-14-25)22(28)7-4-6-19-20(26)15-21(27)23(19)31-16-17-8-10-18(11-9-17)24(29)30-2/h4,6,8-11,19-20,22,26-28H,3,5,7,12-16H2,1-2H3/b6-4+/t19-,20?,22?/m0/s1. The molecular weight excluding hydrogens is 412 g/mol. The third kappa shape index (κ3) is 5.54. The van der Waals surface area contributed by atoms with Gasteiger partial charge in [0, 0.05) is 23.0 Å². The number of thioether (sulfide) groups is 1. The highest BCUT2D eigenvalue weighted by Crippen LogP contribution is 2.48. The molecule has 3 rings (SSSR count). The molecule has 0 bridgehead atoms. The molecule has 1 saturated carbocycles. The highest BCUT2D eigenvalue weighted by molar-refractivity contribution is 8.02. The molecule has 0 saturated heterocycles. The highest BCUT2D eigenvalue weighted by atomic mass is 32.2. The Morgan fingerprint density at radius 3 is 2.61 bits per heavy atom. The highest BCUT2D eigenvalue weighted by Gasteiger charge is 2.41. The van der Waals surface area contributed by atoms with Crippen molar-refractivity contribution in [3.63, 3.8) is 0 Å². The van der Waals surface area contributed by atoms with E-state index in [1.54, 1.807) is 12.1 Å². The quantitative estimate of drug-likeness (QED) is 0.341. The molecule has 5 nitrogen and oxygen atoms in total. The molecule has 31 heavy (non-hydrogen) atoms. The molecule has 3 N–H and O–H groups in total. The number of ether oxygens (including phenoxy) is 1. The smallest absolute Gasteiger partial charge is 0.337 e.